The predicted molar refractivity (Wildman–Crippen MR) is 85.1 cm³/mol. The average molecular weight is 319 g/mol. The van der Waals surface area contributed by atoms with Crippen LogP contribution in [0, 0.1) is 6.92 Å². The van der Waals surface area contributed by atoms with Crippen LogP contribution in [0.25, 0.3) is 11.0 Å². The molecule has 0 N–H and O–H groups in total. The summed E-state index contributed by atoms with van der Waals surface area (Å²) in [7, 11) is 0. The monoisotopic (exact) mass is 318 g/mol. The van der Waals surface area contributed by atoms with Crippen molar-refractivity contribution in [3.05, 3.63) is 63.9 Å². The summed E-state index contributed by atoms with van der Waals surface area (Å²) in [5, 5.41) is 1.06. The topological polar surface area (TPSA) is 35.0 Å². The first kappa shape index (κ1) is 14.1. The van der Waals surface area contributed by atoms with Gasteiger partial charge in [-0.3, -0.25) is 0 Å². The van der Waals surface area contributed by atoms with Crippen LogP contribution in [-0.2, 0) is 6.61 Å². The number of aromatic nitrogens is 2. The molecule has 3 rings (SSSR count). The van der Waals surface area contributed by atoms with Crippen molar-refractivity contribution in [1.82, 2.24) is 9.97 Å². The fraction of sp³-hybridized carbons (Fsp3) is 0.125. The molecule has 0 aliphatic heterocycles. The number of rotatable bonds is 3. The number of para-hydroxylation sites is 2. The van der Waals surface area contributed by atoms with Gasteiger partial charge in [-0.05, 0) is 37.3 Å². The smallest absolute Gasteiger partial charge is 0.138 e. The van der Waals surface area contributed by atoms with E-state index in [0.29, 0.717) is 22.4 Å². The quantitative estimate of drug-likeness (QED) is 0.694. The molecule has 0 fully saturated rings. The maximum absolute atomic E-state index is 6.09. The van der Waals surface area contributed by atoms with Gasteiger partial charge in [0.1, 0.15) is 12.4 Å². The highest BCUT2D eigenvalue weighted by molar-refractivity contribution is 6.35. The lowest BCUT2D eigenvalue weighted by Gasteiger charge is -2.10. The Hall–Kier alpha value is -1.84. The summed E-state index contributed by atoms with van der Waals surface area (Å²) >= 11 is 11.9. The van der Waals surface area contributed by atoms with Gasteiger partial charge in [0.15, 0.2) is 0 Å². The Morgan fingerprint density at radius 1 is 1.00 bits per heavy atom. The van der Waals surface area contributed by atoms with Gasteiger partial charge in [-0.15, -0.1) is 0 Å². The number of nitrogens with zero attached hydrogens (tertiary/aromatic N) is 2. The maximum Gasteiger partial charge on any atom is 0.138 e. The van der Waals surface area contributed by atoms with Gasteiger partial charge in [0.05, 0.1) is 27.4 Å². The maximum atomic E-state index is 6.09. The molecule has 3 nitrogen and oxygen atoms in total. The zero-order chi connectivity index (χ0) is 14.8. The third-order valence-corrected chi connectivity index (χ3v) is 3.63. The lowest BCUT2D eigenvalue weighted by atomic mass is 10.2. The van der Waals surface area contributed by atoms with E-state index in [0.717, 1.165) is 22.4 Å². The van der Waals surface area contributed by atoms with E-state index in [9.17, 15) is 0 Å². The largest absolute Gasteiger partial charge is 0.486 e. The van der Waals surface area contributed by atoms with Gasteiger partial charge in [0, 0.05) is 5.02 Å². The molecule has 0 unspecified atom stereocenters. The van der Waals surface area contributed by atoms with Crippen molar-refractivity contribution in [2.24, 2.45) is 0 Å². The highest BCUT2D eigenvalue weighted by Gasteiger charge is 2.08. The number of hydrogen-bond acceptors (Lipinski definition) is 3. The van der Waals surface area contributed by atoms with Gasteiger partial charge < -0.3 is 4.74 Å². The Balaban J connectivity index is 1.86. The number of benzene rings is 2. The Bertz CT molecular complexity index is 805. The summed E-state index contributed by atoms with van der Waals surface area (Å²) in [4.78, 5) is 9.11. The third-order valence-electron chi connectivity index (χ3n) is 3.10. The van der Waals surface area contributed by atoms with Crippen molar-refractivity contribution < 1.29 is 4.74 Å². The van der Waals surface area contributed by atoms with Gasteiger partial charge in [0.2, 0.25) is 0 Å². The molecular weight excluding hydrogens is 307 g/mol. The minimum Gasteiger partial charge on any atom is -0.486 e. The molecule has 0 radical (unpaired) electrons. The van der Waals surface area contributed by atoms with Gasteiger partial charge in [-0.25, -0.2) is 9.97 Å². The van der Waals surface area contributed by atoms with Gasteiger partial charge in [-0.2, -0.15) is 0 Å². The molecule has 0 aliphatic carbocycles. The average Bonchev–Trinajstić information content (AvgIpc) is 2.46. The molecule has 3 aromatic rings. The third kappa shape index (κ3) is 3.09. The van der Waals surface area contributed by atoms with Crippen molar-refractivity contribution >= 4 is 34.2 Å². The zero-order valence-electron chi connectivity index (χ0n) is 11.3. The Kier molecular flexibility index (Phi) is 3.95. The molecule has 0 amide bonds. The second-order valence-corrected chi connectivity index (χ2v) is 5.45. The second-order valence-electron chi connectivity index (χ2n) is 4.61. The molecule has 0 saturated heterocycles. The molecule has 0 aliphatic rings. The van der Waals surface area contributed by atoms with Gasteiger partial charge >= 0.3 is 0 Å². The van der Waals surface area contributed by atoms with E-state index in [1.54, 1.807) is 18.2 Å². The summed E-state index contributed by atoms with van der Waals surface area (Å²) in [6, 6.07) is 12.9. The number of fused-ring (bicyclic) bond motifs is 1. The molecule has 1 aromatic heterocycles. The summed E-state index contributed by atoms with van der Waals surface area (Å²) < 4.78 is 5.71. The van der Waals surface area contributed by atoms with Crippen LogP contribution in [-0.4, -0.2) is 9.97 Å². The van der Waals surface area contributed by atoms with Crippen LogP contribution in [0.1, 0.15) is 11.4 Å². The van der Waals surface area contributed by atoms with Crippen LogP contribution in [0.5, 0.6) is 5.75 Å². The molecule has 21 heavy (non-hydrogen) atoms. The lowest BCUT2D eigenvalue weighted by Crippen LogP contribution is -2.03. The highest BCUT2D eigenvalue weighted by Crippen LogP contribution is 2.28. The zero-order valence-corrected chi connectivity index (χ0v) is 12.8. The summed E-state index contributed by atoms with van der Waals surface area (Å²) in [5.74, 6) is 0.579. The van der Waals surface area contributed by atoms with Crippen molar-refractivity contribution in [2.45, 2.75) is 13.5 Å². The van der Waals surface area contributed by atoms with Crippen molar-refractivity contribution in [3.63, 3.8) is 0 Å². The molecule has 0 spiro atoms. The number of hydrogen-bond donors (Lipinski definition) is 0. The molecule has 0 atom stereocenters. The number of aryl methyl sites for hydroxylation is 1. The van der Waals surface area contributed by atoms with Crippen LogP contribution in [0.4, 0.5) is 0 Å². The summed E-state index contributed by atoms with van der Waals surface area (Å²) in [6.45, 7) is 2.23. The van der Waals surface area contributed by atoms with E-state index in [2.05, 4.69) is 9.97 Å². The van der Waals surface area contributed by atoms with Crippen LogP contribution in [0.2, 0.25) is 10.0 Å². The minimum atomic E-state index is 0.311. The minimum absolute atomic E-state index is 0.311. The van der Waals surface area contributed by atoms with Gasteiger partial charge in [-0.1, -0.05) is 35.3 Å². The molecule has 0 saturated carbocycles. The van der Waals surface area contributed by atoms with Crippen molar-refractivity contribution in [3.8, 4) is 5.75 Å². The second kappa shape index (κ2) is 5.88. The number of halogens is 2. The first-order valence-electron chi connectivity index (χ1n) is 6.43. The van der Waals surface area contributed by atoms with Crippen molar-refractivity contribution in [2.75, 3.05) is 0 Å². The first-order valence-corrected chi connectivity index (χ1v) is 7.19. The predicted octanol–water partition coefficient (Wildman–Crippen LogP) is 4.82. The molecular formula is C16H12Cl2N2O. The van der Waals surface area contributed by atoms with E-state index in [1.807, 2.05) is 31.2 Å². The Labute approximate surface area is 132 Å². The normalized spacial score (nSPS) is 10.8. The SMILES string of the molecule is Cc1nc2ccccc2nc1COc1ccc(Cl)cc1Cl. The standard InChI is InChI=1S/C16H12Cl2N2O/c1-10-15(20-14-5-3-2-4-13(14)19-10)9-21-16-7-6-11(17)8-12(16)18/h2-8H,9H2,1H3. The van der Waals surface area contributed by atoms with Crippen LogP contribution in [0.3, 0.4) is 0 Å². The van der Waals surface area contributed by atoms with Crippen LogP contribution >= 0.6 is 23.2 Å². The van der Waals surface area contributed by atoms with Crippen LogP contribution in [0.15, 0.2) is 42.5 Å². The van der Waals surface area contributed by atoms with Crippen LogP contribution < -0.4 is 4.74 Å². The van der Waals surface area contributed by atoms with Gasteiger partial charge in [0.25, 0.3) is 0 Å². The number of ether oxygens (including phenoxy) is 1. The van der Waals surface area contributed by atoms with E-state index < -0.39 is 0 Å². The molecule has 0 bridgehead atoms. The van der Waals surface area contributed by atoms with E-state index >= 15 is 0 Å². The molecule has 5 heteroatoms. The fourth-order valence-corrected chi connectivity index (χ4v) is 2.46. The molecule has 2 aromatic carbocycles. The van der Waals surface area contributed by atoms with E-state index in [1.165, 1.54) is 0 Å². The molecule has 106 valence electrons. The highest BCUT2D eigenvalue weighted by atomic mass is 35.5. The summed E-state index contributed by atoms with van der Waals surface area (Å²) in [6.07, 6.45) is 0. The van der Waals surface area contributed by atoms with Crippen molar-refractivity contribution in [1.29, 1.82) is 0 Å². The first-order chi connectivity index (χ1) is 10.1. The van der Waals surface area contributed by atoms with E-state index in [4.69, 9.17) is 27.9 Å². The summed E-state index contributed by atoms with van der Waals surface area (Å²) in [5.41, 5.74) is 3.37. The Morgan fingerprint density at radius 2 is 1.71 bits per heavy atom. The Morgan fingerprint density at radius 3 is 2.43 bits per heavy atom. The fourth-order valence-electron chi connectivity index (χ4n) is 2.00. The molecule has 1 heterocycles. The van der Waals surface area contributed by atoms with E-state index in [-0.39, 0.29) is 0 Å². The lowest BCUT2D eigenvalue weighted by molar-refractivity contribution is 0.300.